The van der Waals surface area contributed by atoms with Crippen molar-refractivity contribution in [2.75, 3.05) is 0 Å². The van der Waals surface area contributed by atoms with Gasteiger partial charge in [0.1, 0.15) is 5.15 Å². The smallest absolute Gasteiger partial charge is 0.226 e. The highest BCUT2D eigenvalue weighted by Gasteiger charge is 2.12. The van der Waals surface area contributed by atoms with E-state index in [9.17, 15) is 0 Å². The molecule has 0 bridgehead atoms. The zero-order chi connectivity index (χ0) is 16.2. The van der Waals surface area contributed by atoms with Crippen molar-refractivity contribution in [3.63, 3.8) is 0 Å². The molecule has 0 saturated heterocycles. The summed E-state index contributed by atoms with van der Waals surface area (Å²) in [6, 6.07) is 10.1. The highest BCUT2D eigenvalue weighted by Crippen LogP contribution is 2.25. The Morgan fingerprint density at radius 3 is 2.57 bits per heavy atom. The lowest BCUT2D eigenvalue weighted by Gasteiger charge is -1.99. The molecule has 0 fully saturated rings. The van der Waals surface area contributed by atoms with Gasteiger partial charge in [-0.3, -0.25) is 4.68 Å². The minimum atomic E-state index is 0.638. The minimum Gasteiger partial charge on any atom is -0.424 e. The van der Waals surface area contributed by atoms with Gasteiger partial charge in [0.2, 0.25) is 11.8 Å². The molecule has 0 N–H and O–H groups in total. The van der Waals surface area contributed by atoms with E-state index < -0.39 is 0 Å². The summed E-state index contributed by atoms with van der Waals surface area (Å²) < 4.78 is 7.39. The van der Waals surface area contributed by atoms with E-state index in [0.29, 0.717) is 29.1 Å². The third-order valence-electron chi connectivity index (χ3n) is 3.45. The summed E-state index contributed by atoms with van der Waals surface area (Å²) >= 11 is 7.91. The Labute approximate surface area is 144 Å². The molecule has 3 aromatic rings. The van der Waals surface area contributed by atoms with Crippen molar-refractivity contribution in [2.45, 2.75) is 24.9 Å². The molecule has 0 saturated carbocycles. The summed E-state index contributed by atoms with van der Waals surface area (Å²) in [5.74, 6) is 2.71. The van der Waals surface area contributed by atoms with Crippen LogP contribution in [-0.2, 0) is 25.0 Å². The molecule has 0 radical (unpaired) electrons. The largest absolute Gasteiger partial charge is 0.424 e. The summed E-state index contributed by atoms with van der Waals surface area (Å²) in [6.45, 7) is 1.96. The third kappa shape index (κ3) is 3.95. The average molecular weight is 349 g/mol. The molecular formula is C16H17ClN4OS. The van der Waals surface area contributed by atoms with Crippen LogP contribution in [0.3, 0.4) is 0 Å². The Balaban J connectivity index is 1.55. The van der Waals surface area contributed by atoms with E-state index in [1.165, 1.54) is 0 Å². The molecule has 7 heteroatoms. The third-order valence-corrected chi connectivity index (χ3v) is 4.87. The van der Waals surface area contributed by atoms with Gasteiger partial charge in [0.25, 0.3) is 0 Å². The van der Waals surface area contributed by atoms with Gasteiger partial charge in [0.05, 0.1) is 17.9 Å². The quantitative estimate of drug-likeness (QED) is 0.678. The number of thioether (sulfide) groups is 1. The number of nitrogens with zero attached hydrogens (tertiary/aromatic N) is 4. The fraction of sp³-hybridized carbons (Fsp3) is 0.312. The number of benzene rings is 1. The number of halogens is 1. The molecule has 0 unspecified atom stereocenters. The average Bonchev–Trinajstić information content (AvgIpc) is 3.08. The van der Waals surface area contributed by atoms with Crippen molar-refractivity contribution in [2.24, 2.45) is 7.05 Å². The van der Waals surface area contributed by atoms with Crippen molar-refractivity contribution in [1.29, 1.82) is 0 Å². The van der Waals surface area contributed by atoms with Crippen LogP contribution >= 0.6 is 23.4 Å². The standard InChI is InChI=1S/C16H17ClN4OS/c1-11-13(16(17)21(2)20-11)9-23-10-15-19-18-14(22-15)8-12-6-4-3-5-7-12/h3-7H,8-10H2,1-2H3. The zero-order valence-electron chi connectivity index (χ0n) is 13.0. The van der Waals surface area contributed by atoms with Crippen LogP contribution in [0, 0.1) is 6.92 Å². The minimum absolute atomic E-state index is 0.638. The monoisotopic (exact) mass is 348 g/mol. The van der Waals surface area contributed by atoms with Gasteiger partial charge >= 0.3 is 0 Å². The van der Waals surface area contributed by atoms with Crippen LogP contribution in [0.1, 0.15) is 28.6 Å². The van der Waals surface area contributed by atoms with E-state index in [1.807, 2.05) is 44.3 Å². The van der Waals surface area contributed by atoms with Crippen LogP contribution in [0.4, 0.5) is 0 Å². The van der Waals surface area contributed by atoms with E-state index >= 15 is 0 Å². The maximum absolute atomic E-state index is 6.23. The van der Waals surface area contributed by atoms with Gasteiger partial charge in [0.15, 0.2) is 0 Å². The summed E-state index contributed by atoms with van der Waals surface area (Å²) in [4.78, 5) is 0. The van der Waals surface area contributed by atoms with Gasteiger partial charge < -0.3 is 4.42 Å². The van der Waals surface area contributed by atoms with Crippen LogP contribution in [0.2, 0.25) is 5.15 Å². The highest BCUT2D eigenvalue weighted by atomic mass is 35.5. The SMILES string of the molecule is Cc1nn(C)c(Cl)c1CSCc1nnc(Cc2ccccc2)o1. The van der Waals surface area contributed by atoms with Gasteiger partial charge in [-0.25, -0.2) is 0 Å². The molecule has 0 spiro atoms. The van der Waals surface area contributed by atoms with E-state index in [2.05, 4.69) is 15.3 Å². The van der Waals surface area contributed by atoms with Gasteiger partial charge in [-0.2, -0.15) is 5.10 Å². The lowest BCUT2D eigenvalue weighted by molar-refractivity contribution is 0.474. The molecule has 0 amide bonds. The number of rotatable bonds is 6. The van der Waals surface area contributed by atoms with Crippen molar-refractivity contribution < 1.29 is 4.42 Å². The van der Waals surface area contributed by atoms with Crippen molar-refractivity contribution in [1.82, 2.24) is 20.0 Å². The Morgan fingerprint density at radius 1 is 1.13 bits per heavy atom. The first kappa shape index (κ1) is 16.1. The second-order valence-electron chi connectivity index (χ2n) is 5.22. The molecule has 0 atom stereocenters. The van der Waals surface area contributed by atoms with Crippen molar-refractivity contribution in [3.05, 3.63) is 64.1 Å². The van der Waals surface area contributed by atoms with E-state index in [1.54, 1.807) is 16.4 Å². The van der Waals surface area contributed by atoms with E-state index in [4.69, 9.17) is 16.0 Å². The maximum atomic E-state index is 6.23. The molecule has 0 aliphatic carbocycles. The first-order valence-electron chi connectivity index (χ1n) is 7.24. The topological polar surface area (TPSA) is 56.7 Å². The maximum Gasteiger partial charge on any atom is 0.226 e. The van der Waals surface area contributed by atoms with Gasteiger partial charge in [0, 0.05) is 18.4 Å². The molecule has 2 aromatic heterocycles. The van der Waals surface area contributed by atoms with Crippen LogP contribution in [-0.4, -0.2) is 20.0 Å². The predicted octanol–water partition coefficient (Wildman–Crippen LogP) is 3.79. The normalized spacial score (nSPS) is 11.1. The van der Waals surface area contributed by atoms with Crippen LogP contribution < -0.4 is 0 Å². The lowest BCUT2D eigenvalue weighted by Crippen LogP contribution is -1.89. The van der Waals surface area contributed by atoms with Crippen LogP contribution in [0.25, 0.3) is 0 Å². The van der Waals surface area contributed by atoms with Gasteiger partial charge in [-0.1, -0.05) is 41.9 Å². The highest BCUT2D eigenvalue weighted by molar-refractivity contribution is 7.97. The Hall–Kier alpha value is -1.79. The molecular weight excluding hydrogens is 332 g/mol. The predicted molar refractivity (Wildman–Crippen MR) is 91.5 cm³/mol. The summed E-state index contributed by atoms with van der Waals surface area (Å²) in [6.07, 6.45) is 0.659. The Bertz CT molecular complexity index is 785. The molecule has 0 aliphatic rings. The summed E-state index contributed by atoms with van der Waals surface area (Å²) in [5.41, 5.74) is 3.18. The molecule has 5 nitrogen and oxygen atoms in total. The molecule has 1 aromatic carbocycles. The number of aromatic nitrogens is 4. The zero-order valence-corrected chi connectivity index (χ0v) is 14.6. The van der Waals surface area contributed by atoms with Gasteiger partial charge in [-0.05, 0) is 12.5 Å². The summed E-state index contributed by atoms with van der Waals surface area (Å²) in [5, 5.41) is 13.2. The first-order chi connectivity index (χ1) is 11.1. The Kier molecular flexibility index (Phi) is 5.03. The molecule has 2 heterocycles. The fourth-order valence-electron chi connectivity index (χ4n) is 2.27. The lowest BCUT2D eigenvalue weighted by atomic mass is 10.2. The number of hydrogen-bond acceptors (Lipinski definition) is 5. The molecule has 0 aliphatic heterocycles. The first-order valence-corrected chi connectivity index (χ1v) is 8.77. The second kappa shape index (κ2) is 7.19. The second-order valence-corrected chi connectivity index (χ2v) is 6.57. The number of aryl methyl sites for hydroxylation is 2. The number of hydrogen-bond donors (Lipinski definition) is 0. The Morgan fingerprint density at radius 2 is 1.87 bits per heavy atom. The van der Waals surface area contributed by atoms with Crippen molar-refractivity contribution >= 4 is 23.4 Å². The molecule has 120 valence electrons. The van der Waals surface area contributed by atoms with Crippen molar-refractivity contribution in [3.8, 4) is 0 Å². The molecule has 3 rings (SSSR count). The van der Waals surface area contributed by atoms with E-state index in [-0.39, 0.29) is 0 Å². The fourth-order valence-corrected chi connectivity index (χ4v) is 3.53. The van der Waals surface area contributed by atoms with Crippen LogP contribution in [0.15, 0.2) is 34.7 Å². The van der Waals surface area contributed by atoms with E-state index in [0.717, 1.165) is 22.6 Å². The molecule has 23 heavy (non-hydrogen) atoms. The van der Waals surface area contributed by atoms with Gasteiger partial charge in [-0.15, -0.1) is 22.0 Å². The van der Waals surface area contributed by atoms with Crippen LogP contribution in [0.5, 0.6) is 0 Å². The summed E-state index contributed by atoms with van der Waals surface area (Å²) in [7, 11) is 1.84.